The molecule has 1 N–H and O–H groups in total. The molecule has 2 fully saturated rings. The molecule has 92 valence electrons. The summed E-state index contributed by atoms with van der Waals surface area (Å²) < 4.78 is 13.7. The van der Waals surface area contributed by atoms with Crippen LogP contribution in [-0.4, -0.2) is 31.1 Å². The minimum Gasteiger partial charge on any atom is -0.316 e. The predicted molar refractivity (Wildman–Crippen MR) is 66.5 cm³/mol. The molecule has 2 atom stereocenters. The van der Waals surface area contributed by atoms with Crippen molar-refractivity contribution < 1.29 is 4.39 Å². The Bertz CT molecular complexity index is 392. The lowest BCUT2D eigenvalue weighted by atomic mass is 10.0. The Morgan fingerprint density at radius 1 is 1.29 bits per heavy atom. The van der Waals surface area contributed by atoms with E-state index < -0.39 is 0 Å². The molecule has 0 saturated carbocycles. The summed E-state index contributed by atoms with van der Waals surface area (Å²) in [6, 6.07) is 4.90. The average molecular weight is 255 g/mol. The van der Waals surface area contributed by atoms with E-state index in [-0.39, 0.29) is 5.82 Å². The molecule has 2 unspecified atom stereocenters. The van der Waals surface area contributed by atoms with Gasteiger partial charge in [0.1, 0.15) is 5.82 Å². The average Bonchev–Trinajstić information content (AvgIpc) is 2.83. The molecule has 0 aromatic heterocycles. The van der Waals surface area contributed by atoms with E-state index in [4.69, 9.17) is 11.6 Å². The summed E-state index contributed by atoms with van der Waals surface area (Å²) >= 11 is 6.05. The molecular weight excluding hydrogens is 239 g/mol. The highest BCUT2D eigenvalue weighted by atomic mass is 35.5. The van der Waals surface area contributed by atoms with Crippen molar-refractivity contribution in [3.05, 3.63) is 34.6 Å². The molecule has 2 heterocycles. The number of hydrogen-bond acceptors (Lipinski definition) is 2. The van der Waals surface area contributed by atoms with Crippen LogP contribution in [-0.2, 0) is 6.54 Å². The van der Waals surface area contributed by atoms with Crippen molar-refractivity contribution in [3.63, 3.8) is 0 Å². The zero-order valence-corrected chi connectivity index (χ0v) is 10.4. The van der Waals surface area contributed by atoms with Gasteiger partial charge in [0, 0.05) is 30.2 Å². The zero-order chi connectivity index (χ0) is 11.8. The van der Waals surface area contributed by atoms with Crippen LogP contribution in [0.25, 0.3) is 0 Å². The largest absolute Gasteiger partial charge is 0.316 e. The van der Waals surface area contributed by atoms with E-state index in [1.165, 1.54) is 6.07 Å². The zero-order valence-electron chi connectivity index (χ0n) is 9.63. The van der Waals surface area contributed by atoms with Crippen LogP contribution in [0.2, 0.25) is 5.02 Å². The van der Waals surface area contributed by atoms with Crippen LogP contribution in [0.4, 0.5) is 4.39 Å². The van der Waals surface area contributed by atoms with Gasteiger partial charge in [-0.15, -0.1) is 0 Å². The van der Waals surface area contributed by atoms with Gasteiger partial charge >= 0.3 is 0 Å². The van der Waals surface area contributed by atoms with Crippen molar-refractivity contribution in [2.75, 3.05) is 26.2 Å². The Hall–Kier alpha value is -0.640. The monoisotopic (exact) mass is 254 g/mol. The molecule has 0 bridgehead atoms. The second kappa shape index (κ2) is 4.56. The van der Waals surface area contributed by atoms with Crippen LogP contribution in [0.3, 0.4) is 0 Å². The first kappa shape index (κ1) is 11.5. The summed E-state index contributed by atoms with van der Waals surface area (Å²) in [6.07, 6.45) is 0. The molecular formula is C13H16ClFN2. The lowest BCUT2D eigenvalue weighted by Gasteiger charge is -2.18. The van der Waals surface area contributed by atoms with E-state index in [2.05, 4.69) is 10.2 Å². The van der Waals surface area contributed by atoms with Gasteiger partial charge < -0.3 is 5.32 Å². The summed E-state index contributed by atoms with van der Waals surface area (Å²) in [7, 11) is 0. The Morgan fingerprint density at radius 3 is 2.65 bits per heavy atom. The maximum atomic E-state index is 13.7. The van der Waals surface area contributed by atoms with Crippen molar-refractivity contribution in [1.82, 2.24) is 10.2 Å². The summed E-state index contributed by atoms with van der Waals surface area (Å²) in [5.74, 6) is 1.29. The predicted octanol–water partition coefficient (Wildman–Crippen LogP) is 2.13. The van der Waals surface area contributed by atoms with Crippen LogP contribution in [0.1, 0.15) is 5.56 Å². The van der Waals surface area contributed by atoms with Crippen molar-refractivity contribution in [1.29, 1.82) is 0 Å². The maximum Gasteiger partial charge on any atom is 0.129 e. The first-order valence-electron chi connectivity index (χ1n) is 6.10. The van der Waals surface area contributed by atoms with E-state index in [9.17, 15) is 4.39 Å². The van der Waals surface area contributed by atoms with E-state index in [1.807, 2.05) is 0 Å². The van der Waals surface area contributed by atoms with Crippen LogP contribution in [0, 0.1) is 17.7 Å². The number of benzene rings is 1. The van der Waals surface area contributed by atoms with E-state index in [0.29, 0.717) is 17.1 Å². The van der Waals surface area contributed by atoms with Gasteiger partial charge in [0.2, 0.25) is 0 Å². The number of nitrogens with one attached hydrogen (secondary N) is 1. The molecule has 3 rings (SSSR count). The fourth-order valence-corrected chi connectivity index (χ4v) is 3.21. The van der Waals surface area contributed by atoms with Gasteiger partial charge in [-0.2, -0.15) is 0 Å². The standard InChI is InChI=1S/C13H16ClFN2/c14-12-2-1-3-13(15)11(12)8-17-6-9-4-16-5-10(9)7-17/h1-3,9-10,16H,4-8H2. The molecule has 0 aliphatic carbocycles. The smallest absolute Gasteiger partial charge is 0.129 e. The number of halogens is 2. The molecule has 2 saturated heterocycles. The Labute approximate surface area is 106 Å². The molecule has 1 aromatic rings. The van der Waals surface area contributed by atoms with Gasteiger partial charge in [-0.25, -0.2) is 4.39 Å². The highest BCUT2D eigenvalue weighted by molar-refractivity contribution is 6.31. The van der Waals surface area contributed by atoms with Crippen molar-refractivity contribution >= 4 is 11.6 Å². The van der Waals surface area contributed by atoms with Gasteiger partial charge in [0.05, 0.1) is 0 Å². The summed E-state index contributed by atoms with van der Waals surface area (Å²) in [5.41, 5.74) is 0.641. The summed E-state index contributed by atoms with van der Waals surface area (Å²) in [4.78, 5) is 2.32. The van der Waals surface area contributed by atoms with Gasteiger partial charge in [-0.1, -0.05) is 17.7 Å². The number of likely N-dealkylation sites (tertiary alicyclic amines) is 1. The molecule has 2 aliphatic rings. The topological polar surface area (TPSA) is 15.3 Å². The number of nitrogens with zero attached hydrogens (tertiary/aromatic N) is 1. The molecule has 0 amide bonds. The van der Waals surface area contributed by atoms with Gasteiger partial charge in [-0.3, -0.25) is 4.90 Å². The molecule has 4 heteroatoms. The van der Waals surface area contributed by atoms with E-state index >= 15 is 0 Å². The molecule has 0 radical (unpaired) electrons. The molecule has 17 heavy (non-hydrogen) atoms. The SMILES string of the molecule is Fc1cccc(Cl)c1CN1CC2CNCC2C1. The normalized spacial score (nSPS) is 28.6. The van der Waals surface area contributed by atoms with Crippen LogP contribution < -0.4 is 5.32 Å². The third-order valence-electron chi connectivity index (χ3n) is 3.91. The lowest BCUT2D eigenvalue weighted by Crippen LogP contribution is -2.25. The van der Waals surface area contributed by atoms with E-state index in [1.54, 1.807) is 12.1 Å². The minimum atomic E-state index is -0.187. The quantitative estimate of drug-likeness (QED) is 0.870. The highest BCUT2D eigenvalue weighted by Crippen LogP contribution is 2.29. The minimum absolute atomic E-state index is 0.187. The molecule has 2 aliphatic heterocycles. The fourth-order valence-electron chi connectivity index (χ4n) is 2.99. The number of fused-ring (bicyclic) bond motifs is 1. The number of rotatable bonds is 2. The first-order valence-corrected chi connectivity index (χ1v) is 6.48. The Kier molecular flexibility index (Phi) is 3.07. The lowest BCUT2D eigenvalue weighted by molar-refractivity contribution is 0.301. The van der Waals surface area contributed by atoms with E-state index in [0.717, 1.165) is 38.0 Å². The Morgan fingerprint density at radius 2 is 2.00 bits per heavy atom. The van der Waals surface area contributed by atoms with Gasteiger partial charge in [0.15, 0.2) is 0 Å². The van der Waals surface area contributed by atoms with Gasteiger partial charge in [-0.05, 0) is 37.1 Å². The maximum absolute atomic E-state index is 13.7. The van der Waals surface area contributed by atoms with Crippen LogP contribution in [0.5, 0.6) is 0 Å². The van der Waals surface area contributed by atoms with Gasteiger partial charge in [0.25, 0.3) is 0 Å². The first-order chi connectivity index (χ1) is 8.24. The summed E-state index contributed by atoms with van der Waals surface area (Å²) in [6.45, 7) is 4.96. The second-order valence-electron chi connectivity index (χ2n) is 5.07. The third-order valence-corrected chi connectivity index (χ3v) is 4.26. The van der Waals surface area contributed by atoms with Crippen molar-refractivity contribution in [2.24, 2.45) is 11.8 Å². The molecule has 1 aromatic carbocycles. The Balaban J connectivity index is 1.72. The van der Waals surface area contributed by atoms with Crippen LogP contribution >= 0.6 is 11.6 Å². The van der Waals surface area contributed by atoms with Crippen molar-refractivity contribution in [3.8, 4) is 0 Å². The molecule has 0 spiro atoms. The summed E-state index contributed by atoms with van der Waals surface area (Å²) in [5, 5.41) is 3.95. The third kappa shape index (κ3) is 2.19. The highest BCUT2D eigenvalue weighted by Gasteiger charge is 2.36. The number of hydrogen-bond donors (Lipinski definition) is 1. The van der Waals surface area contributed by atoms with Crippen LogP contribution in [0.15, 0.2) is 18.2 Å². The molecule has 2 nitrogen and oxygen atoms in total. The fraction of sp³-hybridized carbons (Fsp3) is 0.538. The van der Waals surface area contributed by atoms with Crippen molar-refractivity contribution in [2.45, 2.75) is 6.54 Å². The second-order valence-corrected chi connectivity index (χ2v) is 5.48.